The molecule has 0 aliphatic heterocycles. The van der Waals surface area contributed by atoms with E-state index < -0.39 is 0 Å². The summed E-state index contributed by atoms with van der Waals surface area (Å²) in [5, 5.41) is 0. The van der Waals surface area contributed by atoms with Gasteiger partial charge in [0, 0.05) is 35.8 Å². The van der Waals surface area contributed by atoms with Gasteiger partial charge in [0.2, 0.25) is 0 Å². The van der Waals surface area contributed by atoms with Crippen LogP contribution in [0.3, 0.4) is 0 Å². The third-order valence-electron chi connectivity index (χ3n) is 3.29. The van der Waals surface area contributed by atoms with E-state index in [-0.39, 0.29) is 0 Å². The van der Waals surface area contributed by atoms with Crippen molar-refractivity contribution in [1.82, 2.24) is 4.90 Å². The van der Waals surface area contributed by atoms with Crippen LogP contribution in [-0.4, -0.2) is 44.9 Å². The number of hydrogen-bond acceptors (Lipinski definition) is 4. The maximum Gasteiger partial charge on any atom is 0.0422 e. The summed E-state index contributed by atoms with van der Waals surface area (Å²) >= 11 is 1.78. The number of thioether (sulfide) groups is 1. The second-order valence-electron chi connectivity index (χ2n) is 4.90. The monoisotopic (exact) mass is 281 g/mol. The molecule has 1 aromatic carbocycles. The van der Waals surface area contributed by atoms with Crippen molar-refractivity contribution in [3.8, 4) is 0 Å². The van der Waals surface area contributed by atoms with Crippen LogP contribution in [0.15, 0.2) is 23.1 Å². The molecule has 0 atom stereocenters. The van der Waals surface area contributed by atoms with Crippen molar-refractivity contribution in [1.29, 1.82) is 0 Å². The molecular formula is C15H27N3S. The smallest absolute Gasteiger partial charge is 0.0422 e. The van der Waals surface area contributed by atoms with Gasteiger partial charge < -0.3 is 15.5 Å². The van der Waals surface area contributed by atoms with Gasteiger partial charge in [0.05, 0.1) is 0 Å². The maximum atomic E-state index is 5.95. The van der Waals surface area contributed by atoms with E-state index in [4.69, 9.17) is 5.73 Å². The Bertz CT molecular complexity index is 380. The van der Waals surface area contributed by atoms with Gasteiger partial charge in [-0.25, -0.2) is 0 Å². The molecule has 0 unspecified atom stereocenters. The first-order chi connectivity index (χ1) is 9.13. The number of benzene rings is 1. The van der Waals surface area contributed by atoms with Crippen LogP contribution in [0.5, 0.6) is 0 Å². The van der Waals surface area contributed by atoms with E-state index in [1.807, 2.05) is 0 Å². The highest BCUT2D eigenvalue weighted by Crippen LogP contribution is 2.29. The van der Waals surface area contributed by atoms with Gasteiger partial charge in [-0.15, -0.1) is 11.8 Å². The van der Waals surface area contributed by atoms with Crippen molar-refractivity contribution < 1.29 is 0 Å². The van der Waals surface area contributed by atoms with E-state index in [1.165, 1.54) is 22.6 Å². The Morgan fingerprint density at radius 1 is 1.21 bits per heavy atom. The fraction of sp³-hybridized carbons (Fsp3) is 0.600. The summed E-state index contributed by atoms with van der Waals surface area (Å²) in [4.78, 5) is 5.97. The molecule has 0 heterocycles. The summed E-state index contributed by atoms with van der Waals surface area (Å²) < 4.78 is 0. The zero-order valence-corrected chi connectivity index (χ0v) is 13.5. The third kappa shape index (κ3) is 4.71. The molecule has 2 N–H and O–H groups in total. The Labute approximate surface area is 122 Å². The molecule has 4 heteroatoms. The molecule has 1 aromatic rings. The van der Waals surface area contributed by atoms with Gasteiger partial charge in [0.25, 0.3) is 0 Å². The van der Waals surface area contributed by atoms with Gasteiger partial charge in [-0.05, 0) is 52.4 Å². The average molecular weight is 281 g/mol. The van der Waals surface area contributed by atoms with E-state index >= 15 is 0 Å². The van der Waals surface area contributed by atoms with Crippen LogP contribution in [0.4, 0.5) is 5.69 Å². The zero-order chi connectivity index (χ0) is 14.3. The highest BCUT2D eigenvalue weighted by atomic mass is 32.2. The Morgan fingerprint density at radius 3 is 2.47 bits per heavy atom. The summed E-state index contributed by atoms with van der Waals surface area (Å²) in [7, 11) is 4.24. The fourth-order valence-electron chi connectivity index (χ4n) is 2.27. The van der Waals surface area contributed by atoms with Crippen LogP contribution in [0.25, 0.3) is 0 Å². The first-order valence-electron chi connectivity index (χ1n) is 6.89. The van der Waals surface area contributed by atoms with Gasteiger partial charge in [0.1, 0.15) is 0 Å². The first kappa shape index (κ1) is 16.3. The molecule has 0 saturated heterocycles. The molecular weight excluding hydrogens is 254 g/mol. The van der Waals surface area contributed by atoms with E-state index in [0.717, 1.165) is 19.6 Å². The van der Waals surface area contributed by atoms with Crippen molar-refractivity contribution in [2.45, 2.75) is 24.8 Å². The molecule has 0 fully saturated rings. The molecule has 108 valence electrons. The number of hydrogen-bond donors (Lipinski definition) is 1. The second kappa shape index (κ2) is 8.46. The van der Waals surface area contributed by atoms with Crippen LogP contribution < -0.4 is 10.6 Å². The van der Waals surface area contributed by atoms with Crippen molar-refractivity contribution >= 4 is 17.4 Å². The predicted octanol–water partition coefficient (Wildman–Crippen LogP) is 2.65. The number of anilines is 1. The van der Waals surface area contributed by atoms with Crippen LogP contribution >= 0.6 is 11.8 Å². The third-order valence-corrected chi connectivity index (χ3v) is 4.11. The summed E-state index contributed by atoms with van der Waals surface area (Å²) in [6.07, 6.45) is 3.29. The molecule has 3 nitrogen and oxygen atoms in total. The lowest BCUT2D eigenvalue weighted by Crippen LogP contribution is -2.28. The predicted molar refractivity (Wildman–Crippen MR) is 87.2 cm³/mol. The van der Waals surface area contributed by atoms with Gasteiger partial charge >= 0.3 is 0 Å². The SMILES string of the molecule is CCN(CCCN(C)C)c1cccc(SC)c1CN. The molecule has 1 rings (SSSR count). The first-order valence-corrected chi connectivity index (χ1v) is 8.12. The zero-order valence-electron chi connectivity index (χ0n) is 12.6. The van der Waals surface area contributed by atoms with Crippen LogP contribution in [0, 0.1) is 0 Å². The summed E-state index contributed by atoms with van der Waals surface area (Å²) in [6.45, 7) is 6.05. The minimum Gasteiger partial charge on any atom is -0.371 e. The van der Waals surface area contributed by atoms with Gasteiger partial charge in [-0.1, -0.05) is 6.07 Å². The standard InChI is InChI=1S/C15H27N3S/c1-5-18(11-7-10-17(2)3)14-8-6-9-15(19-4)13(14)12-16/h6,8-9H,5,7,10-12,16H2,1-4H3. The minimum absolute atomic E-state index is 0.608. The van der Waals surface area contributed by atoms with Crippen molar-refractivity contribution in [3.63, 3.8) is 0 Å². The lowest BCUT2D eigenvalue weighted by Gasteiger charge is -2.27. The molecule has 0 saturated carbocycles. The maximum absolute atomic E-state index is 5.95. The lowest BCUT2D eigenvalue weighted by molar-refractivity contribution is 0.400. The second-order valence-corrected chi connectivity index (χ2v) is 5.75. The highest BCUT2D eigenvalue weighted by molar-refractivity contribution is 7.98. The molecule has 0 bridgehead atoms. The van der Waals surface area contributed by atoms with Crippen LogP contribution in [-0.2, 0) is 6.54 Å². The molecule has 0 aliphatic rings. The number of nitrogens with two attached hydrogens (primary N) is 1. The minimum atomic E-state index is 0.608. The lowest BCUT2D eigenvalue weighted by atomic mass is 10.1. The number of nitrogens with zero attached hydrogens (tertiary/aromatic N) is 2. The topological polar surface area (TPSA) is 32.5 Å². The largest absolute Gasteiger partial charge is 0.371 e. The van der Waals surface area contributed by atoms with E-state index in [1.54, 1.807) is 11.8 Å². The Kier molecular flexibility index (Phi) is 7.28. The van der Waals surface area contributed by atoms with Crippen molar-refractivity contribution in [2.24, 2.45) is 5.73 Å². The van der Waals surface area contributed by atoms with Crippen molar-refractivity contribution in [3.05, 3.63) is 23.8 Å². The van der Waals surface area contributed by atoms with Gasteiger partial charge in [-0.2, -0.15) is 0 Å². The average Bonchev–Trinajstić information content (AvgIpc) is 2.42. The highest BCUT2D eigenvalue weighted by Gasteiger charge is 2.11. The molecule has 0 amide bonds. The summed E-state index contributed by atoms with van der Waals surface area (Å²) in [5.41, 5.74) is 8.53. The van der Waals surface area contributed by atoms with Gasteiger partial charge in [-0.3, -0.25) is 0 Å². The van der Waals surface area contributed by atoms with E-state index in [2.05, 4.69) is 55.3 Å². The molecule has 0 spiro atoms. The van der Waals surface area contributed by atoms with Crippen LogP contribution in [0.1, 0.15) is 18.9 Å². The Hall–Kier alpha value is -0.710. The van der Waals surface area contributed by atoms with E-state index in [9.17, 15) is 0 Å². The fourth-order valence-corrected chi connectivity index (χ4v) is 2.92. The Balaban J connectivity index is 2.85. The summed E-state index contributed by atoms with van der Waals surface area (Å²) in [5.74, 6) is 0. The van der Waals surface area contributed by atoms with E-state index in [0.29, 0.717) is 6.54 Å². The summed E-state index contributed by atoms with van der Waals surface area (Å²) in [6, 6.07) is 6.49. The normalized spacial score (nSPS) is 11.1. The molecule has 19 heavy (non-hydrogen) atoms. The quantitative estimate of drug-likeness (QED) is 0.743. The van der Waals surface area contributed by atoms with Gasteiger partial charge in [0.15, 0.2) is 0 Å². The molecule has 0 aromatic heterocycles. The number of rotatable bonds is 8. The van der Waals surface area contributed by atoms with Crippen LogP contribution in [0.2, 0.25) is 0 Å². The Morgan fingerprint density at radius 2 is 1.95 bits per heavy atom. The molecule has 0 aliphatic carbocycles. The molecule has 0 radical (unpaired) electrons. The van der Waals surface area contributed by atoms with Crippen molar-refractivity contribution in [2.75, 3.05) is 44.9 Å².